The van der Waals surface area contributed by atoms with Crippen molar-refractivity contribution in [1.29, 1.82) is 0 Å². The molecule has 0 spiro atoms. The predicted molar refractivity (Wildman–Crippen MR) is 70.4 cm³/mol. The number of rotatable bonds is 6. The van der Waals surface area contributed by atoms with Gasteiger partial charge >= 0.3 is 0 Å². The number of hydrogen-bond donors (Lipinski definition) is 2. The van der Waals surface area contributed by atoms with Crippen LogP contribution in [-0.2, 0) is 6.42 Å². The number of ether oxygens (including phenoxy) is 1. The zero-order valence-corrected chi connectivity index (χ0v) is 10.5. The second-order valence-electron chi connectivity index (χ2n) is 4.05. The van der Waals surface area contributed by atoms with Crippen molar-refractivity contribution < 1.29 is 4.74 Å². The van der Waals surface area contributed by atoms with E-state index in [2.05, 4.69) is 15.0 Å². The minimum absolute atomic E-state index is 0.726. The Bertz CT molecular complexity index is 495. The van der Waals surface area contributed by atoms with E-state index in [-0.39, 0.29) is 0 Å². The molecule has 2 heterocycles. The molecule has 0 fully saturated rings. The molecule has 5 nitrogen and oxygen atoms in total. The van der Waals surface area contributed by atoms with Crippen molar-refractivity contribution in [1.82, 2.24) is 15.0 Å². The molecule has 0 radical (unpaired) electrons. The van der Waals surface area contributed by atoms with E-state index in [1.165, 1.54) is 0 Å². The van der Waals surface area contributed by atoms with E-state index in [9.17, 15) is 0 Å². The SMILES string of the molecule is COc1ccncc1-c1c[nH]c(CCCCN)n1. The fourth-order valence-electron chi connectivity index (χ4n) is 1.82. The molecule has 0 aliphatic rings. The lowest BCUT2D eigenvalue weighted by Crippen LogP contribution is -1.99. The monoisotopic (exact) mass is 246 g/mol. The number of pyridine rings is 1. The summed E-state index contributed by atoms with van der Waals surface area (Å²) >= 11 is 0. The Kier molecular flexibility index (Phi) is 4.30. The molecule has 0 amide bonds. The number of imidazole rings is 1. The first-order valence-corrected chi connectivity index (χ1v) is 6.08. The standard InChI is InChI=1S/C13H18N4O/c1-18-12-5-7-15-8-10(12)11-9-16-13(17-11)4-2-3-6-14/h5,7-9H,2-4,6,14H2,1H3,(H,16,17). The Morgan fingerprint density at radius 3 is 3.06 bits per heavy atom. The van der Waals surface area contributed by atoms with E-state index < -0.39 is 0 Å². The number of nitrogens with one attached hydrogen (secondary N) is 1. The van der Waals surface area contributed by atoms with Crippen molar-refractivity contribution in [3.05, 3.63) is 30.5 Å². The summed E-state index contributed by atoms with van der Waals surface area (Å²) in [5.74, 6) is 1.76. The van der Waals surface area contributed by atoms with Crippen LogP contribution in [0.2, 0.25) is 0 Å². The van der Waals surface area contributed by atoms with Gasteiger partial charge in [-0.1, -0.05) is 0 Å². The maximum absolute atomic E-state index is 5.47. The summed E-state index contributed by atoms with van der Waals surface area (Å²) in [4.78, 5) is 11.8. The van der Waals surface area contributed by atoms with E-state index in [4.69, 9.17) is 10.5 Å². The first kappa shape index (κ1) is 12.6. The van der Waals surface area contributed by atoms with Crippen LogP contribution in [-0.4, -0.2) is 28.6 Å². The van der Waals surface area contributed by atoms with Crippen LogP contribution in [0.25, 0.3) is 11.3 Å². The van der Waals surface area contributed by atoms with Crippen LogP contribution < -0.4 is 10.5 Å². The average Bonchev–Trinajstić information content (AvgIpc) is 2.88. The largest absolute Gasteiger partial charge is 0.496 e. The second kappa shape index (κ2) is 6.16. The van der Waals surface area contributed by atoms with Gasteiger partial charge in [0, 0.05) is 25.0 Å². The summed E-state index contributed by atoms with van der Waals surface area (Å²) in [5.41, 5.74) is 7.24. The van der Waals surface area contributed by atoms with Gasteiger partial charge in [0.25, 0.3) is 0 Å². The van der Waals surface area contributed by atoms with Crippen molar-refractivity contribution in [2.45, 2.75) is 19.3 Å². The summed E-state index contributed by atoms with van der Waals surface area (Å²) in [5, 5.41) is 0. The molecule has 96 valence electrons. The summed E-state index contributed by atoms with van der Waals surface area (Å²) < 4.78 is 5.30. The van der Waals surface area contributed by atoms with Gasteiger partial charge in [-0.3, -0.25) is 4.98 Å². The lowest BCUT2D eigenvalue weighted by Gasteiger charge is -2.04. The highest BCUT2D eigenvalue weighted by Crippen LogP contribution is 2.27. The number of nitrogens with two attached hydrogens (primary N) is 1. The fraction of sp³-hybridized carbons (Fsp3) is 0.385. The number of aryl methyl sites for hydroxylation is 1. The number of methoxy groups -OCH3 is 1. The highest BCUT2D eigenvalue weighted by molar-refractivity contribution is 5.65. The molecule has 0 aliphatic heterocycles. The number of aromatic nitrogens is 3. The van der Waals surface area contributed by atoms with Crippen molar-refractivity contribution in [3.63, 3.8) is 0 Å². The highest BCUT2D eigenvalue weighted by Gasteiger charge is 2.09. The normalized spacial score (nSPS) is 10.6. The maximum atomic E-state index is 5.47. The molecule has 0 unspecified atom stereocenters. The van der Waals surface area contributed by atoms with Gasteiger partial charge in [0.05, 0.1) is 18.4 Å². The third-order valence-electron chi connectivity index (χ3n) is 2.78. The summed E-state index contributed by atoms with van der Waals surface area (Å²) in [6, 6.07) is 1.83. The minimum atomic E-state index is 0.726. The zero-order chi connectivity index (χ0) is 12.8. The Morgan fingerprint density at radius 1 is 1.39 bits per heavy atom. The van der Waals surface area contributed by atoms with Crippen LogP contribution in [0.15, 0.2) is 24.7 Å². The van der Waals surface area contributed by atoms with Crippen molar-refractivity contribution in [2.75, 3.05) is 13.7 Å². The molecule has 18 heavy (non-hydrogen) atoms. The van der Waals surface area contributed by atoms with E-state index in [1.54, 1.807) is 19.5 Å². The van der Waals surface area contributed by atoms with Crippen LogP contribution in [0.4, 0.5) is 0 Å². The first-order valence-electron chi connectivity index (χ1n) is 6.08. The summed E-state index contributed by atoms with van der Waals surface area (Å²) in [6.07, 6.45) is 8.34. The molecular formula is C13H18N4O. The molecule has 2 aromatic heterocycles. The molecule has 2 rings (SSSR count). The van der Waals surface area contributed by atoms with Crippen LogP contribution in [0, 0.1) is 0 Å². The van der Waals surface area contributed by atoms with Gasteiger partial charge in [0.2, 0.25) is 0 Å². The Morgan fingerprint density at radius 2 is 2.28 bits per heavy atom. The molecule has 2 aromatic rings. The smallest absolute Gasteiger partial charge is 0.131 e. The quantitative estimate of drug-likeness (QED) is 0.761. The number of H-pyrrole nitrogens is 1. The summed E-state index contributed by atoms with van der Waals surface area (Å²) in [6.45, 7) is 0.726. The molecule has 0 aliphatic carbocycles. The molecule has 0 aromatic carbocycles. The van der Waals surface area contributed by atoms with Crippen LogP contribution in [0.5, 0.6) is 5.75 Å². The lowest BCUT2D eigenvalue weighted by atomic mass is 10.2. The van der Waals surface area contributed by atoms with Crippen LogP contribution >= 0.6 is 0 Å². The number of hydrogen-bond acceptors (Lipinski definition) is 4. The number of nitrogens with zero attached hydrogens (tertiary/aromatic N) is 2. The Balaban J connectivity index is 2.13. The molecule has 0 saturated carbocycles. The van der Waals surface area contributed by atoms with Crippen molar-refractivity contribution in [2.24, 2.45) is 5.73 Å². The van der Waals surface area contributed by atoms with E-state index in [0.29, 0.717) is 0 Å². The molecule has 3 N–H and O–H groups in total. The maximum Gasteiger partial charge on any atom is 0.131 e. The van der Waals surface area contributed by atoms with Gasteiger partial charge in [-0.25, -0.2) is 4.98 Å². The van der Waals surface area contributed by atoms with Gasteiger partial charge in [-0.05, 0) is 25.5 Å². The first-order chi connectivity index (χ1) is 8.85. The van der Waals surface area contributed by atoms with E-state index in [0.717, 1.165) is 48.6 Å². The third-order valence-corrected chi connectivity index (χ3v) is 2.78. The highest BCUT2D eigenvalue weighted by atomic mass is 16.5. The molecule has 0 atom stereocenters. The molecule has 5 heteroatoms. The Labute approximate surface area is 106 Å². The van der Waals surface area contributed by atoms with Crippen molar-refractivity contribution >= 4 is 0 Å². The van der Waals surface area contributed by atoms with E-state index >= 15 is 0 Å². The summed E-state index contributed by atoms with van der Waals surface area (Å²) in [7, 11) is 1.65. The third kappa shape index (κ3) is 2.87. The van der Waals surface area contributed by atoms with Crippen LogP contribution in [0.3, 0.4) is 0 Å². The predicted octanol–water partition coefficient (Wildman–Crippen LogP) is 1.76. The topological polar surface area (TPSA) is 76.8 Å². The van der Waals surface area contributed by atoms with Gasteiger partial charge in [0.1, 0.15) is 11.6 Å². The van der Waals surface area contributed by atoms with Gasteiger partial charge < -0.3 is 15.5 Å². The Hall–Kier alpha value is -1.88. The zero-order valence-electron chi connectivity index (χ0n) is 10.5. The number of aromatic amines is 1. The van der Waals surface area contributed by atoms with Crippen molar-refractivity contribution in [3.8, 4) is 17.0 Å². The van der Waals surface area contributed by atoms with Gasteiger partial charge in [-0.15, -0.1) is 0 Å². The van der Waals surface area contributed by atoms with Crippen LogP contribution in [0.1, 0.15) is 18.7 Å². The average molecular weight is 246 g/mol. The number of unbranched alkanes of at least 4 members (excludes halogenated alkanes) is 1. The minimum Gasteiger partial charge on any atom is -0.496 e. The molecule has 0 bridgehead atoms. The van der Waals surface area contributed by atoms with Gasteiger partial charge in [-0.2, -0.15) is 0 Å². The van der Waals surface area contributed by atoms with E-state index in [1.807, 2.05) is 12.3 Å². The van der Waals surface area contributed by atoms with Gasteiger partial charge in [0.15, 0.2) is 0 Å². The fourth-order valence-corrected chi connectivity index (χ4v) is 1.82. The molecule has 0 saturated heterocycles. The second-order valence-corrected chi connectivity index (χ2v) is 4.05. The lowest BCUT2D eigenvalue weighted by molar-refractivity contribution is 0.416. The molecular weight excluding hydrogens is 228 g/mol.